The molecule has 1 saturated heterocycles. The second kappa shape index (κ2) is 16.5. The molecule has 0 bridgehead atoms. The molecule has 3 aromatic rings. The lowest BCUT2D eigenvalue weighted by Crippen LogP contribution is -2.55. The Morgan fingerprint density at radius 2 is 1.62 bits per heavy atom. The van der Waals surface area contributed by atoms with Crippen molar-refractivity contribution in [3.05, 3.63) is 101 Å². The molecule has 0 aromatic heterocycles. The van der Waals surface area contributed by atoms with Gasteiger partial charge in [0, 0.05) is 26.1 Å². The van der Waals surface area contributed by atoms with Crippen LogP contribution in [0.3, 0.4) is 0 Å². The summed E-state index contributed by atoms with van der Waals surface area (Å²) in [7, 11) is 0. The number of ether oxygens (including phenoxy) is 1. The van der Waals surface area contributed by atoms with Crippen LogP contribution in [0.5, 0.6) is 5.75 Å². The maximum Gasteiger partial charge on any atom is 0.255 e. The first-order chi connectivity index (χ1) is 23.3. The van der Waals surface area contributed by atoms with Crippen molar-refractivity contribution in [2.75, 3.05) is 26.2 Å². The number of amides is 5. The van der Waals surface area contributed by atoms with E-state index < -0.39 is 48.2 Å². The fourth-order valence-corrected chi connectivity index (χ4v) is 5.88. The summed E-state index contributed by atoms with van der Waals surface area (Å²) in [4.78, 5) is 69.0. The summed E-state index contributed by atoms with van der Waals surface area (Å²) >= 11 is 0. The maximum absolute atomic E-state index is 13.7. The number of halogens is 1. The van der Waals surface area contributed by atoms with E-state index in [0.29, 0.717) is 25.7 Å². The number of rotatable bonds is 6. The van der Waals surface area contributed by atoms with E-state index in [1.807, 2.05) is 30.3 Å². The van der Waals surface area contributed by atoms with Crippen molar-refractivity contribution in [1.29, 1.82) is 0 Å². The molecule has 2 aliphatic heterocycles. The number of hydrogen-bond acceptors (Lipinski definition) is 6. The zero-order valence-corrected chi connectivity index (χ0v) is 26.6. The average Bonchev–Trinajstić information content (AvgIpc) is 3.59. The zero-order chi connectivity index (χ0) is 33.9. The first kappa shape index (κ1) is 34.1. The molecule has 252 valence electrons. The summed E-state index contributed by atoms with van der Waals surface area (Å²) in [5, 5.41) is 11.2. The Hall–Kier alpha value is -5.26. The zero-order valence-electron chi connectivity index (χ0n) is 26.6. The van der Waals surface area contributed by atoms with E-state index in [2.05, 4.69) is 21.3 Å². The Morgan fingerprint density at radius 3 is 2.42 bits per heavy atom. The van der Waals surface area contributed by atoms with Crippen molar-refractivity contribution in [2.45, 2.75) is 56.7 Å². The number of nitrogens with one attached hydrogen (secondary N) is 4. The molecular formula is C36H40FN5O6. The summed E-state index contributed by atoms with van der Waals surface area (Å²) in [6.07, 6.45) is 1.65. The summed E-state index contributed by atoms with van der Waals surface area (Å²) in [6.45, 7) is 0.923. The minimum absolute atomic E-state index is 0.181. The minimum atomic E-state index is -1.26. The van der Waals surface area contributed by atoms with E-state index >= 15 is 0 Å². The topological polar surface area (TPSA) is 146 Å². The normalized spacial score (nSPS) is 20.9. The van der Waals surface area contributed by atoms with Crippen LogP contribution < -0.4 is 26.0 Å². The van der Waals surface area contributed by atoms with E-state index in [1.54, 1.807) is 36.4 Å². The number of carbonyl (C=O) groups excluding carboxylic acids is 5. The van der Waals surface area contributed by atoms with Crippen molar-refractivity contribution in [1.82, 2.24) is 26.2 Å². The van der Waals surface area contributed by atoms with Crippen molar-refractivity contribution in [3.63, 3.8) is 0 Å². The largest absolute Gasteiger partial charge is 0.493 e. The van der Waals surface area contributed by atoms with Crippen LogP contribution in [0.2, 0.25) is 0 Å². The van der Waals surface area contributed by atoms with Gasteiger partial charge in [0.05, 0.1) is 18.6 Å². The Balaban J connectivity index is 1.37. The average molecular weight is 658 g/mol. The van der Waals surface area contributed by atoms with Crippen molar-refractivity contribution in [3.8, 4) is 5.75 Å². The fraction of sp³-hybridized carbons (Fsp3) is 0.361. The lowest BCUT2D eigenvalue weighted by Gasteiger charge is -2.28. The summed E-state index contributed by atoms with van der Waals surface area (Å²) < 4.78 is 19.2. The first-order valence-corrected chi connectivity index (χ1v) is 16.2. The van der Waals surface area contributed by atoms with Crippen molar-refractivity contribution < 1.29 is 33.1 Å². The second-order valence-corrected chi connectivity index (χ2v) is 11.9. The maximum atomic E-state index is 13.7. The molecule has 2 heterocycles. The van der Waals surface area contributed by atoms with Gasteiger partial charge in [-0.25, -0.2) is 4.39 Å². The standard InChI is InChI=1S/C36H40FN5O6/c37-26-15-13-24(14-16-26)17-19-39-35(46)29-23-32(43)42-20-6-11-30(42)36(47)41-28(22-25-8-2-1-3-9-25)34(45)38-18-7-21-48-31-12-5-4-10-27(31)33(44)40-29/h1-5,8-10,12-16,28-30H,6-7,11,17-23H2,(H,38,45)(H,39,46)(H,40,44)(H,41,47)/t28-,29-,30-/m0/s1. The van der Waals surface area contributed by atoms with Crippen LogP contribution in [0.15, 0.2) is 78.9 Å². The monoisotopic (exact) mass is 657 g/mol. The number of fused-ring (bicyclic) bond motifs is 2. The van der Waals surface area contributed by atoms with Gasteiger partial charge in [0.2, 0.25) is 23.6 Å². The molecule has 0 saturated carbocycles. The van der Waals surface area contributed by atoms with E-state index in [4.69, 9.17) is 4.74 Å². The number of carbonyl (C=O) groups is 5. The van der Waals surface area contributed by atoms with Gasteiger partial charge in [0.25, 0.3) is 5.91 Å². The summed E-state index contributed by atoms with van der Waals surface area (Å²) in [6, 6.07) is 18.8. The highest BCUT2D eigenvalue weighted by Crippen LogP contribution is 2.21. The summed E-state index contributed by atoms with van der Waals surface area (Å²) in [5.41, 5.74) is 1.85. The van der Waals surface area contributed by atoms with Gasteiger partial charge < -0.3 is 30.9 Å². The Labute approximate surface area is 278 Å². The summed E-state index contributed by atoms with van der Waals surface area (Å²) in [5.74, 6) is -2.56. The van der Waals surface area contributed by atoms with Crippen molar-refractivity contribution in [2.24, 2.45) is 0 Å². The lowest BCUT2D eigenvalue weighted by atomic mass is 10.0. The fourth-order valence-electron chi connectivity index (χ4n) is 5.88. The van der Waals surface area contributed by atoms with Crippen LogP contribution in [0.25, 0.3) is 0 Å². The Bertz CT molecular complexity index is 1600. The first-order valence-electron chi connectivity index (χ1n) is 16.2. The van der Waals surface area contributed by atoms with Gasteiger partial charge in [-0.2, -0.15) is 0 Å². The molecule has 0 spiro atoms. The Morgan fingerprint density at radius 1 is 0.875 bits per heavy atom. The number of benzene rings is 3. The molecule has 12 heteroatoms. The highest BCUT2D eigenvalue weighted by Gasteiger charge is 2.38. The van der Waals surface area contributed by atoms with Gasteiger partial charge in [-0.15, -0.1) is 0 Å². The minimum Gasteiger partial charge on any atom is -0.493 e. The van der Waals surface area contributed by atoms with Crippen LogP contribution in [0.4, 0.5) is 4.39 Å². The van der Waals surface area contributed by atoms with Gasteiger partial charge >= 0.3 is 0 Å². The van der Waals surface area contributed by atoms with Crippen LogP contribution in [-0.2, 0) is 32.0 Å². The predicted molar refractivity (Wildman–Crippen MR) is 175 cm³/mol. The Kier molecular flexibility index (Phi) is 11.7. The van der Waals surface area contributed by atoms with E-state index in [0.717, 1.165) is 11.1 Å². The molecule has 5 rings (SSSR count). The molecule has 3 atom stereocenters. The van der Waals surface area contributed by atoms with Gasteiger partial charge in [-0.3, -0.25) is 24.0 Å². The van der Waals surface area contributed by atoms with E-state index in [-0.39, 0.29) is 55.7 Å². The third-order valence-corrected chi connectivity index (χ3v) is 8.43. The van der Waals surface area contributed by atoms with Gasteiger partial charge in [0.15, 0.2) is 0 Å². The van der Waals surface area contributed by atoms with E-state index in [9.17, 15) is 28.4 Å². The van der Waals surface area contributed by atoms with Gasteiger partial charge in [-0.05, 0) is 61.1 Å². The number of hydrogen-bond donors (Lipinski definition) is 4. The number of para-hydroxylation sites is 1. The lowest BCUT2D eigenvalue weighted by molar-refractivity contribution is -0.140. The molecule has 0 radical (unpaired) electrons. The number of nitrogens with zero attached hydrogens (tertiary/aromatic N) is 1. The van der Waals surface area contributed by atoms with Crippen molar-refractivity contribution >= 4 is 29.5 Å². The molecule has 3 aromatic carbocycles. The third kappa shape index (κ3) is 9.18. The molecule has 0 unspecified atom stereocenters. The molecule has 5 amide bonds. The molecular weight excluding hydrogens is 617 g/mol. The highest BCUT2D eigenvalue weighted by atomic mass is 19.1. The van der Waals surface area contributed by atoms with Crippen LogP contribution in [0, 0.1) is 5.82 Å². The van der Waals surface area contributed by atoms with Crippen LogP contribution in [0.1, 0.15) is 47.2 Å². The molecule has 11 nitrogen and oxygen atoms in total. The molecule has 0 aliphatic carbocycles. The van der Waals surface area contributed by atoms with Crippen LogP contribution in [-0.4, -0.2) is 78.8 Å². The molecule has 1 fully saturated rings. The molecule has 48 heavy (non-hydrogen) atoms. The van der Waals surface area contributed by atoms with Gasteiger partial charge in [-0.1, -0.05) is 54.6 Å². The van der Waals surface area contributed by atoms with Gasteiger partial charge in [0.1, 0.15) is 29.7 Å². The third-order valence-electron chi connectivity index (χ3n) is 8.43. The van der Waals surface area contributed by atoms with Crippen LogP contribution >= 0.6 is 0 Å². The smallest absolute Gasteiger partial charge is 0.255 e. The second-order valence-electron chi connectivity index (χ2n) is 11.9. The quantitative estimate of drug-likeness (QED) is 0.320. The molecule has 2 aliphatic rings. The SMILES string of the molecule is O=C1N[C@H](C(=O)NCCc2ccc(F)cc2)CC(=O)N2CCC[C@H]2C(=O)N[C@@H](Cc2ccccc2)C(=O)NCCCOc2ccccc21. The highest BCUT2D eigenvalue weighted by molar-refractivity contribution is 6.01. The molecule has 4 N–H and O–H groups in total. The predicted octanol–water partition coefficient (Wildman–Crippen LogP) is 2.29. The van der Waals surface area contributed by atoms with E-state index in [1.165, 1.54) is 17.0 Å².